The third-order valence-corrected chi connectivity index (χ3v) is 6.86. The molecular weight excluding hydrogens is 434 g/mol. The van der Waals surface area contributed by atoms with Crippen LogP contribution in [-0.4, -0.2) is 26.4 Å². The average molecular weight is 454 g/mol. The number of rotatable bonds is 7. The number of ether oxygens (including phenoxy) is 1. The number of nitrogens with zero attached hydrogens (tertiary/aromatic N) is 1. The van der Waals surface area contributed by atoms with Crippen molar-refractivity contribution < 1.29 is 17.9 Å². The second-order valence-corrected chi connectivity index (χ2v) is 9.44. The molecule has 0 aliphatic carbocycles. The molecule has 0 aliphatic rings. The monoisotopic (exact) mass is 453 g/mol. The smallest absolute Gasteiger partial charge is 0.257 e. The molecule has 0 saturated heterocycles. The number of amides is 1. The van der Waals surface area contributed by atoms with E-state index in [1.807, 2.05) is 42.5 Å². The van der Waals surface area contributed by atoms with Crippen molar-refractivity contribution in [2.24, 2.45) is 0 Å². The van der Waals surface area contributed by atoms with E-state index in [0.717, 1.165) is 15.8 Å². The maximum atomic E-state index is 12.7. The van der Waals surface area contributed by atoms with E-state index in [4.69, 9.17) is 4.74 Å². The van der Waals surface area contributed by atoms with Crippen LogP contribution in [0, 0.1) is 0 Å². The van der Waals surface area contributed by atoms with E-state index < -0.39 is 15.9 Å². The quantitative estimate of drug-likeness (QED) is 0.440. The van der Waals surface area contributed by atoms with E-state index >= 15 is 0 Å². The molecule has 1 aromatic heterocycles. The number of nitrogens with one attached hydrogen (secondary N) is 2. The van der Waals surface area contributed by atoms with Crippen LogP contribution in [0.25, 0.3) is 10.2 Å². The maximum absolute atomic E-state index is 12.7. The summed E-state index contributed by atoms with van der Waals surface area (Å²) in [5, 5.41) is 3.15. The number of hydrogen-bond donors (Lipinski definition) is 2. The summed E-state index contributed by atoms with van der Waals surface area (Å²) in [4.78, 5) is 17.1. The molecule has 0 aliphatic heterocycles. The standard InChI is InChI=1S/C22H19N3O4S2/c1-29-17-10-11-19-20(13-17)30-22(24-19)25-21(26)16-8-5-9-18(12-16)31(27,28)23-14-15-6-3-2-4-7-15/h2-13,23H,14H2,1H3,(H,24,25,26). The van der Waals surface area contributed by atoms with Crippen molar-refractivity contribution in [3.63, 3.8) is 0 Å². The molecule has 0 atom stereocenters. The van der Waals surface area contributed by atoms with Gasteiger partial charge in [-0.2, -0.15) is 0 Å². The van der Waals surface area contributed by atoms with Crippen molar-refractivity contribution in [2.75, 3.05) is 12.4 Å². The molecule has 0 saturated carbocycles. The summed E-state index contributed by atoms with van der Waals surface area (Å²) >= 11 is 1.31. The molecule has 31 heavy (non-hydrogen) atoms. The Morgan fingerprint density at radius 1 is 1.03 bits per heavy atom. The molecule has 0 radical (unpaired) electrons. The van der Waals surface area contributed by atoms with Gasteiger partial charge in [0.05, 0.1) is 22.2 Å². The minimum Gasteiger partial charge on any atom is -0.497 e. The lowest BCUT2D eigenvalue weighted by Crippen LogP contribution is -2.23. The molecule has 0 fully saturated rings. The zero-order valence-electron chi connectivity index (χ0n) is 16.5. The summed E-state index contributed by atoms with van der Waals surface area (Å²) in [6.45, 7) is 0.161. The van der Waals surface area contributed by atoms with Crippen molar-refractivity contribution >= 4 is 42.6 Å². The first-order chi connectivity index (χ1) is 14.9. The SMILES string of the molecule is COc1ccc2nc(NC(=O)c3cccc(S(=O)(=O)NCc4ccccc4)c3)sc2c1. The Kier molecular flexibility index (Phi) is 5.99. The summed E-state index contributed by atoms with van der Waals surface area (Å²) in [7, 11) is -2.19. The van der Waals surface area contributed by atoms with Gasteiger partial charge in [-0.15, -0.1) is 0 Å². The third-order valence-electron chi connectivity index (χ3n) is 4.53. The van der Waals surface area contributed by atoms with E-state index in [0.29, 0.717) is 10.9 Å². The van der Waals surface area contributed by atoms with E-state index in [1.165, 1.54) is 29.5 Å². The molecule has 3 aromatic carbocycles. The normalized spacial score (nSPS) is 11.4. The molecule has 7 nitrogen and oxygen atoms in total. The number of methoxy groups -OCH3 is 1. The van der Waals surface area contributed by atoms with Crippen LogP contribution in [0.1, 0.15) is 15.9 Å². The molecular formula is C22H19N3O4S2. The number of carbonyl (C=O) groups excluding carboxylic acids is 1. The number of thiazole rings is 1. The van der Waals surface area contributed by atoms with Gasteiger partial charge in [0, 0.05) is 12.1 Å². The first-order valence-electron chi connectivity index (χ1n) is 9.34. The summed E-state index contributed by atoms with van der Waals surface area (Å²) in [6, 6.07) is 20.6. The molecule has 158 valence electrons. The van der Waals surface area contributed by atoms with Crippen molar-refractivity contribution in [1.29, 1.82) is 0 Å². The van der Waals surface area contributed by atoms with E-state index in [9.17, 15) is 13.2 Å². The molecule has 2 N–H and O–H groups in total. The summed E-state index contributed by atoms with van der Waals surface area (Å²) < 4.78 is 33.9. The van der Waals surface area contributed by atoms with Crippen molar-refractivity contribution in [2.45, 2.75) is 11.4 Å². The van der Waals surface area contributed by atoms with Gasteiger partial charge in [0.25, 0.3) is 5.91 Å². The van der Waals surface area contributed by atoms with Gasteiger partial charge in [-0.25, -0.2) is 18.1 Å². The average Bonchev–Trinajstić information content (AvgIpc) is 3.20. The molecule has 0 bridgehead atoms. The number of sulfonamides is 1. The van der Waals surface area contributed by atoms with Gasteiger partial charge in [-0.05, 0) is 42.0 Å². The second kappa shape index (κ2) is 8.84. The molecule has 0 unspecified atom stereocenters. The minimum atomic E-state index is -3.77. The third kappa shape index (κ3) is 4.91. The van der Waals surface area contributed by atoms with Crippen LogP contribution in [0.5, 0.6) is 5.75 Å². The number of aromatic nitrogens is 1. The highest BCUT2D eigenvalue weighted by Crippen LogP contribution is 2.29. The Morgan fingerprint density at radius 2 is 1.84 bits per heavy atom. The fourth-order valence-electron chi connectivity index (χ4n) is 2.92. The lowest BCUT2D eigenvalue weighted by atomic mass is 10.2. The highest BCUT2D eigenvalue weighted by atomic mass is 32.2. The largest absolute Gasteiger partial charge is 0.497 e. The number of hydrogen-bond acceptors (Lipinski definition) is 6. The lowest BCUT2D eigenvalue weighted by molar-refractivity contribution is 0.102. The zero-order chi connectivity index (χ0) is 21.8. The fraction of sp³-hybridized carbons (Fsp3) is 0.0909. The van der Waals surface area contributed by atoms with Gasteiger partial charge in [0.1, 0.15) is 5.75 Å². The van der Waals surface area contributed by atoms with Crippen LogP contribution >= 0.6 is 11.3 Å². The molecule has 1 amide bonds. The number of carbonyl (C=O) groups is 1. The topological polar surface area (TPSA) is 97.4 Å². The number of fused-ring (bicyclic) bond motifs is 1. The molecule has 4 aromatic rings. The van der Waals surface area contributed by atoms with Crippen LogP contribution in [0.15, 0.2) is 77.7 Å². The highest BCUT2D eigenvalue weighted by Gasteiger charge is 2.17. The summed E-state index contributed by atoms with van der Waals surface area (Å²) in [5.41, 5.74) is 1.80. The van der Waals surface area contributed by atoms with E-state index in [2.05, 4.69) is 15.0 Å². The Bertz CT molecular complexity index is 1340. The van der Waals surface area contributed by atoms with E-state index in [1.54, 1.807) is 19.2 Å². The molecule has 9 heteroatoms. The Balaban J connectivity index is 1.50. The van der Waals surface area contributed by atoms with Crippen molar-refractivity contribution in [3.05, 3.63) is 83.9 Å². The number of benzene rings is 3. The first kappa shape index (κ1) is 21.0. The van der Waals surface area contributed by atoms with Gasteiger partial charge < -0.3 is 4.74 Å². The first-order valence-corrected chi connectivity index (χ1v) is 11.6. The van der Waals surface area contributed by atoms with Crippen LogP contribution < -0.4 is 14.8 Å². The van der Waals surface area contributed by atoms with Gasteiger partial charge in [-0.3, -0.25) is 10.1 Å². The Morgan fingerprint density at radius 3 is 2.61 bits per heavy atom. The zero-order valence-corrected chi connectivity index (χ0v) is 18.2. The predicted molar refractivity (Wildman–Crippen MR) is 121 cm³/mol. The van der Waals surface area contributed by atoms with Crippen LogP contribution in [-0.2, 0) is 16.6 Å². The van der Waals surface area contributed by atoms with Gasteiger partial charge in [-0.1, -0.05) is 47.7 Å². The van der Waals surface area contributed by atoms with Crippen LogP contribution in [0.2, 0.25) is 0 Å². The van der Waals surface area contributed by atoms with Crippen molar-refractivity contribution in [1.82, 2.24) is 9.71 Å². The van der Waals surface area contributed by atoms with E-state index in [-0.39, 0.29) is 17.0 Å². The highest BCUT2D eigenvalue weighted by molar-refractivity contribution is 7.89. The van der Waals surface area contributed by atoms with Crippen molar-refractivity contribution in [3.8, 4) is 5.75 Å². The molecule has 0 spiro atoms. The molecule has 1 heterocycles. The lowest BCUT2D eigenvalue weighted by Gasteiger charge is -2.08. The fourth-order valence-corrected chi connectivity index (χ4v) is 4.87. The summed E-state index contributed by atoms with van der Waals surface area (Å²) in [6.07, 6.45) is 0. The maximum Gasteiger partial charge on any atom is 0.257 e. The predicted octanol–water partition coefficient (Wildman–Crippen LogP) is 4.04. The van der Waals surface area contributed by atoms with Gasteiger partial charge >= 0.3 is 0 Å². The number of anilines is 1. The Labute approximate surface area is 183 Å². The minimum absolute atomic E-state index is 0.0186. The van der Waals surface area contributed by atoms with Gasteiger partial charge in [0.2, 0.25) is 10.0 Å². The van der Waals surface area contributed by atoms with Crippen LogP contribution in [0.4, 0.5) is 5.13 Å². The van der Waals surface area contributed by atoms with Crippen LogP contribution in [0.3, 0.4) is 0 Å². The second-order valence-electron chi connectivity index (χ2n) is 6.64. The Hall–Kier alpha value is -3.27. The van der Waals surface area contributed by atoms with Gasteiger partial charge in [0.15, 0.2) is 5.13 Å². The summed E-state index contributed by atoms with van der Waals surface area (Å²) in [5.74, 6) is 0.265. The molecule has 4 rings (SSSR count).